The molecule has 7 heteroatoms. The highest BCUT2D eigenvalue weighted by atomic mass is 35.5. The molecule has 0 amide bonds. The van der Waals surface area contributed by atoms with E-state index in [2.05, 4.69) is 4.99 Å². The predicted octanol–water partition coefficient (Wildman–Crippen LogP) is 2.22. The number of hydrogen-bond donors (Lipinski definition) is 0. The number of nitrogens with zero attached hydrogens (tertiary/aromatic N) is 2. The molecule has 0 saturated carbocycles. The summed E-state index contributed by atoms with van der Waals surface area (Å²) >= 11 is 5.60. The van der Waals surface area contributed by atoms with Crippen molar-refractivity contribution in [2.45, 2.75) is 0 Å². The molecule has 1 rings (SSSR count). The van der Waals surface area contributed by atoms with E-state index in [0.29, 0.717) is 0 Å². The van der Waals surface area contributed by atoms with Crippen LogP contribution in [0.5, 0.6) is 5.75 Å². The van der Waals surface area contributed by atoms with E-state index in [1.54, 1.807) is 0 Å². The van der Waals surface area contributed by atoms with Gasteiger partial charge in [-0.05, 0) is 6.07 Å². The average Bonchev–Trinajstić information content (AvgIpc) is 2.18. The van der Waals surface area contributed by atoms with Crippen LogP contribution in [0.25, 0.3) is 0 Å². The Kier molecular flexibility index (Phi) is 3.38. The Balaban J connectivity index is 3.41. The predicted molar refractivity (Wildman–Crippen MR) is 52.4 cm³/mol. The third-order valence-electron chi connectivity index (χ3n) is 1.61. The summed E-state index contributed by atoms with van der Waals surface area (Å²) in [6.45, 7) is 0. The molecule has 6 nitrogen and oxygen atoms in total. The highest BCUT2D eigenvalue weighted by Crippen LogP contribution is 2.36. The highest BCUT2D eigenvalue weighted by Gasteiger charge is 2.17. The molecule has 0 aromatic heterocycles. The van der Waals surface area contributed by atoms with E-state index in [9.17, 15) is 14.9 Å². The Labute approximate surface area is 89.3 Å². The van der Waals surface area contributed by atoms with Gasteiger partial charge in [-0.3, -0.25) is 10.1 Å². The van der Waals surface area contributed by atoms with E-state index >= 15 is 0 Å². The highest BCUT2D eigenvalue weighted by molar-refractivity contribution is 6.33. The maximum Gasteiger partial charge on any atom is 0.291 e. The third kappa shape index (κ3) is 2.31. The molecule has 0 N–H and O–H groups in total. The minimum atomic E-state index is -0.654. The van der Waals surface area contributed by atoms with Crippen molar-refractivity contribution in [1.82, 2.24) is 0 Å². The van der Waals surface area contributed by atoms with Gasteiger partial charge >= 0.3 is 0 Å². The molecule has 0 aliphatic heterocycles. The van der Waals surface area contributed by atoms with Crippen LogP contribution in [0.15, 0.2) is 17.1 Å². The number of carbonyl (C=O) groups excluding carboxylic acids is 1. The molecule has 0 fully saturated rings. The molecule has 0 saturated heterocycles. The van der Waals surface area contributed by atoms with E-state index in [1.165, 1.54) is 19.3 Å². The topological polar surface area (TPSA) is 81.8 Å². The fourth-order valence-corrected chi connectivity index (χ4v) is 1.20. The van der Waals surface area contributed by atoms with Crippen LogP contribution in [-0.2, 0) is 4.79 Å². The van der Waals surface area contributed by atoms with Crippen LogP contribution in [-0.4, -0.2) is 18.1 Å². The fourth-order valence-electron chi connectivity index (χ4n) is 0.972. The van der Waals surface area contributed by atoms with Crippen LogP contribution in [0.4, 0.5) is 11.4 Å². The molecule has 0 aliphatic rings. The molecular weight excluding hydrogens is 224 g/mol. The SMILES string of the molecule is COc1cc([N+](=O)[O-])c(Cl)cc1N=C=O. The summed E-state index contributed by atoms with van der Waals surface area (Å²) in [5, 5.41) is 10.4. The molecule has 0 unspecified atom stereocenters. The van der Waals surface area contributed by atoms with Gasteiger partial charge in [0.15, 0.2) is 5.75 Å². The molecule has 0 heterocycles. The number of ether oxygens (including phenoxy) is 1. The van der Waals surface area contributed by atoms with Crippen molar-refractivity contribution in [3.63, 3.8) is 0 Å². The van der Waals surface area contributed by atoms with Crippen LogP contribution in [0.1, 0.15) is 0 Å². The van der Waals surface area contributed by atoms with Gasteiger partial charge in [0, 0.05) is 0 Å². The quantitative estimate of drug-likeness (QED) is 0.344. The third-order valence-corrected chi connectivity index (χ3v) is 1.91. The number of aliphatic imine (C=N–C) groups is 1. The van der Waals surface area contributed by atoms with Crippen LogP contribution in [0.3, 0.4) is 0 Å². The second kappa shape index (κ2) is 4.54. The number of rotatable bonds is 3. The summed E-state index contributed by atoms with van der Waals surface area (Å²) < 4.78 is 4.81. The van der Waals surface area contributed by atoms with Crippen LogP contribution in [0.2, 0.25) is 5.02 Å². The molecule has 0 aliphatic carbocycles. The lowest BCUT2D eigenvalue weighted by Gasteiger charge is -2.03. The first kappa shape index (κ1) is 11.2. The van der Waals surface area contributed by atoms with Gasteiger partial charge in [0.05, 0.1) is 18.1 Å². The van der Waals surface area contributed by atoms with Gasteiger partial charge in [-0.25, -0.2) is 4.79 Å². The van der Waals surface area contributed by atoms with Gasteiger partial charge in [-0.15, -0.1) is 0 Å². The standard InChI is InChI=1S/C8H5ClN2O4/c1-15-8-3-7(11(13)14)5(9)2-6(8)10-4-12/h2-3H,1H3. The van der Waals surface area contributed by atoms with Gasteiger partial charge in [-0.1, -0.05) is 11.6 Å². The lowest BCUT2D eigenvalue weighted by molar-refractivity contribution is -0.384. The number of benzene rings is 1. The normalized spacial score (nSPS) is 9.20. The monoisotopic (exact) mass is 228 g/mol. The van der Waals surface area contributed by atoms with E-state index in [1.807, 2.05) is 0 Å². The Bertz CT molecular complexity index is 454. The number of isocyanates is 1. The minimum Gasteiger partial charge on any atom is -0.494 e. The summed E-state index contributed by atoms with van der Waals surface area (Å²) in [5.74, 6) is 0.0921. The second-order valence-electron chi connectivity index (χ2n) is 2.44. The number of methoxy groups -OCH3 is 1. The van der Waals surface area contributed by atoms with Gasteiger partial charge in [0.2, 0.25) is 6.08 Å². The minimum absolute atomic E-state index is 0.0921. The smallest absolute Gasteiger partial charge is 0.291 e. The van der Waals surface area contributed by atoms with Gasteiger partial charge < -0.3 is 4.74 Å². The van der Waals surface area contributed by atoms with E-state index in [4.69, 9.17) is 16.3 Å². The van der Waals surface area contributed by atoms with Crippen molar-refractivity contribution in [3.05, 3.63) is 27.3 Å². The number of halogens is 1. The molecule has 78 valence electrons. The van der Waals surface area contributed by atoms with Crippen molar-refractivity contribution in [3.8, 4) is 5.75 Å². The first-order chi connectivity index (χ1) is 7.10. The van der Waals surface area contributed by atoms with E-state index in [0.717, 1.165) is 6.07 Å². The fraction of sp³-hybridized carbons (Fsp3) is 0.125. The molecule has 1 aromatic rings. The molecule has 0 bridgehead atoms. The summed E-state index contributed by atoms with van der Waals surface area (Å²) in [6.07, 6.45) is 1.30. The van der Waals surface area contributed by atoms with Gasteiger partial charge in [-0.2, -0.15) is 4.99 Å². The zero-order chi connectivity index (χ0) is 11.4. The van der Waals surface area contributed by atoms with Gasteiger partial charge in [0.1, 0.15) is 10.7 Å². The van der Waals surface area contributed by atoms with Crippen molar-refractivity contribution >= 4 is 29.1 Å². The van der Waals surface area contributed by atoms with E-state index in [-0.39, 0.29) is 22.1 Å². The van der Waals surface area contributed by atoms with Crippen LogP contribution >= 0.6 is 11.6 Å². The zero-order valence-corrected chi connectivity index (χ0v) is 8.32. The summed E-state index contributed by atoms with van der Waals surface area (Å²) in [4.78, 5) is 23.2. The van der Waals surface area contributed by atoms with Crippen molar-refractivity contribution in [1.29, 1.82) is 0 Å². The summed E-state index contributed by atoms with van der Waals surface area (Å²) in [7, 11) is 1.30. The maximum atomic E-state index is 10.5. The lowest BCUT2D eigenvalue weighted by Crippen LogP contribution is -1.91. The second-order valence-corrected chi connectivity index (χ2v) is 2.84. The average molecular weight is 229 g/mol. The Morgan fingerprint density at radius 1 is 1.60 bits per heavy atom. The molecule has 0 spiro atoms. The van der Waals surface area contributed by atoms with Gasteiger partial charge in [0.25, 0.3) is 5.69 Å². The van der Waals surface area contributed by atoms with E-state index < -0.39 is 4.92 Å². The van der Waals surface area contributed by atoms with Crippen molar-refractivity contribution < 1.29 is 14.5 Å². The van der Waals surface area contributed by atoms with Crippen molar-refractivity contribution in [2.24, 2.45) is 4.99 Å². The van der Waals surface area contributed by atoms with Crippen molar-refractivity contribution in [2.75, 3.05) is 7.11 Å². The zero-order valence-electron chi connectivity index (χ0n) is 7.56. The summed E-state index contributed by atoms with van der Waals surface area (Å²) in [5.41, 5.74) is -0.207. The molecule has 0 atom stereocenters. The largest absolute Gasteiger partial charge is 0.494 e. The van der Waals surface area contributed by atoms with Crippen LogP contribution in [0, 0.1) is 10.1 Å². The first-order valence-corrected chi connectivity index (χ1v) is 4.07. The molecular formula is C8H5ClN2O4. The first-order valence-electron chi connectivity index (χ1n) is 3.70. The van der Waals surface area contributed by atoms with Crippen LogP contribution < -0.4 is 4.74 Å². The number of hydrogen-bond acceptors (Lipinski definition) is 5. The Hall–Kier alpha value is -1.91. The number of nitro benzene ring substituents is 1. The number of nitro groups is 1. The lowest BCUT2D eigenvalue weighted by atomic mass is 10.2. The Morgan fingerprint density at radius 2 is 2.27 bits per heavy atom. The molecule has 0 radical (unpaired) electrons. The maximum absolute atomic E-state index is 10.5. The Morgan fingerprint density at radius 3 is 2.73 bits per heavy atom. The molecule has 15 heavy (non-hydrogen) atoms. The molecule has 1 aromatic carbocycles. The summed E-state index contributed by atoms with van der Waals surface area (Å²) in [6, 6.07) is 2.27.